The standard InChI is InChI=1S/C33H29N3O2/c34-32(38)26(22-25-13-10-12-24-14-11-21-35-31(24)25)23-30(37)36-33(27-15-4-1-5-16-27,28-17-6-2-7-18-28)29-19-8-3-9-20-29/h1-21,26H,22-23H2,(H2,34,38)(H,36,37). The van der Waals surface area contributed by atoms with E-state index in [4.69, 9.17) is 5.73 Å². The molecule has 1 unspecified atom stereocenters. The van der Waals surface area contributed by atoms with E-state index in [1.807, 2.05) is 121 Å². The molecule has 3 N–H and O–H groups in total. The Morgan fingerprint density at radius 3 is 1.76 bits per heavy atom. The van der Waals surface area contributed by atoms with Crippen molar-refractivity contribution in [2.45, 2.75) is 18.4 Å². The van der Waals surface area contributed by atoms with Crippen molar-refractivity contribution >= 4 is 22.7 Å². The van der Waals surface area contributed by atoms with Gasteiger partial charge in [-0.3, -0.25) is 14.6 Å². The number of rotatable bonds is 9. The average Bonchev–Trinajstić information content (AvgIpc) is 2.97. The molecule has 188 valence electrons. The Morgan fingerprint density at radius 1 is 0.711 bits per heavy atom. The summed E-state index contributed by atoms with van der Waals surface area (Å²) in [6.07, 6.45) is 2.00. The topological polar surface area (TPSA) is 85.1 Å². The number of benzene rings is 4. The minimum atomic E-state index is -0.954. The van der Waals surface area contributed by atoms with E-state index in [1.165, 1.54) is 0 Å². The van der Waals surface area contributed by atoms with Gasteiger partial charge in [-0.15, -0.1) is 0 Å². The number of fused-ring (bicyclic) bond motifs is 1. The van der Waals surface area contributed by atoms with Gasteiger partial charge in [0.1, 0.15) is 5.54 Å². The molecular weight excluding hydrogens is 470 g/mol. The highest BCUT2D eigenvalue weighted by molar-refractivity contribution is 5.87. The van der Waals surface area contributed by atoms with E-state index in [0.717, 1.165) is 33.2 Å². The molecule has 2 amide bonds. The zero-order valence-electron chi connectivity index (χ0n) is 21.0. The Balaban J connectivity index is 1.52. The van der Waals surface area contributed by atoms with Crippen molar-refractivity contribution in [3.63, 3.8) is 0 Å². The Hall–Kier alpha value is -4.77. The zero-order chi connectivity index (χ0) is 26.4. The largest absolute Gasteiger partial charge is 0.369 e. The maximum atomic E-state index is 13.8. The van der Waals surface area contributed by atoms with Crippen molar-refractivity contribution < 1.29 is 9.59 Å². The fraction of sp³-hybridized carbons (Fsp3) is 0.121. The fourth-order valence-electron chi connectivity index (χ4n) is 5.14. The number of primary amides is 1. The lowest BCUT2D eigenvalue weighted by molar-refractivity contribution is -0.129. The van der Waals surface area contributed by atoms with Crippen molar-refractivity contribution in [2.24, 2.45) is 11.7 Å². The summed E-state index contributed by atoms with van der Waals surface area (Å²) >= 11 is 0. The first kappa shape index (κ1) is 24.9. The number of hydrogen-bond donors (Lipinski definition) is 2. The van der Waals surface area contributed by atoms with Gasteiger partial charge >= 0.3 is 0 Å². The SMILES string of the molecule is NC(=O)C(CC(=O)NC(c1ccccc1)(c1ccccc1)c1ccccc1)Cc1cccc2cccnc12. The smallest absolute Gasteiger partial charge is 0.222 e. The first-order valence-corrected chi connectivity index (χ1v) is 12.7. The van der Waals surface area contributed by atoms with Gasteiger partial charge in [-0.05, 0) is 34.7 Å². The van der Waals surface area contributed by atoms with Gasteiger partial charge < -0.3 is 11.1 Å². The van der Waals surface area contributed by atoms with Crippen LogP contribution in [-0.2, 0) is 21.5 Å². The number of carbonyl (C=O) groups excluding carboxylic acids is 2. The van der Waals surface area contributed by atoms with Crippen molar-refractivity contribution in [1.82, 2.24) is 10.3 Å². The predicted molar refractivity (Wildman–Crippen MR) is 150 cm³/mol. The van der Waals surface area contributed by atoms with Crippen LogP contribution in [-0.4, -0.2) is 16.8 Å². The van der Waals surface area contributed by atoms with Crippen LogP contribution in [0.5, 0.6) is 0 Å². The van der Waals surface area contributed by atoms with Gasteiger partial charge in [0.25, 0.3) is 0 Å². The van der Waals surface area contributed by atoms with E-state index < -0.39 is 17.4 Å². The molecule has 0 spiro atoms. The lowest BCUT2D eigenvalue weighted by Crippen LogP contribution is -2.48. The summed E-state index contributed by atoms with van der Waals surface area (Å²) in [5.74, 6) is -1.47. The number of para-hydroxylation sites is 1. The summed E-state index contributed by atoms with van der Waals surface area (Å²) in [5, 5.41) is 4.31. The monoisotopic (exact) mass is 499 g/mol. The molecule has 1 heterocycles. The predicted octanol–water partition coefficient (Wildman–Crippen LogP) is 5.38. The first-order chi connectivity index (χ1) is 18.6. The van der Waals surface area contributed by atoms with Crippen LogP contribution in [0.3, 0.4) is 0 Å². The highest BCUT2D eigenvalue weighted by Gasteiger charge is 2.38. The Bertz CT molecular complexity index is 1430. The van der Waals surface area contributed by atoms with E-state index in [1.54, 1.807) is 6.20 Å². The van der Waals surface area contributed by atoms with Crippen LogP contribution in [0.25, 0.3) is 10.9 Å². The average molecular weight is 500 g/mol. The summed E-state index contributed by atoms with van der Waals surface area (Å²) in [4.78, 5) is 30.9. The van der Waals surface area contributed by atoms with Crippen LogP contribution in [0.2, 0.25) is 0 Å². The Labute approximate surface area is 222 Å². The second-order valence-corrected chi connectivity index (χ2v) is 9.40. The van der Waals surface area contributed by atoms with E-state index in [0.29, 0.717) is 6.42 Å². The first-order valence-electron chi connectivity index (χ1n) is 12.7. The minimum absolute atomic E-state index is 0.0488. The van der Waals surface area contributed by atoms with Gasteiger partial charge in [0, 0.05) is 18.0 Å². The Morgan fingerprint density at radius 2 is 1.24 bits per heavy atom. The molecule has 1 aromatic heterocycles. The number of nitrogens with two attached hydrogens (primary N) is 1. The number of nitrogens with one attached hydrogen (secondary N) is 1. The summed E-state index contributed by atoms with van der Waals surface area (Å²) in [6, 6.07) is 39.4. The molecule has 0 aliphatic carbocycles. The molecule has 5 rings (SSSR count). The fourth-order valence-corrected chi connectivity index (χ4v) is 5.14. The van der Waals surface area contributed by atoms with Crippen LogP contribution in [0.15, 0.2) is 128 Å². The van der Waals surface area contributed by atoms with Crippen LogP contribution in [0.4, 0.5) is 0 Å². The molecule has 0 radical (unpaired) electrons. The van der Waals surface area contributed by atoms with Crippen molar-refractivity contribution in [2.75, 3.05) is 0 Å². The molecule has 5 heteroatoms. The van der Waals surface area contributed by atoms with Crippen molar-refractivity contribution in [3.8, 4) is 0 Å². The molecule has 0 aliphatic rings. The number of carbonyl (C=O) groups is 2. The lowest BCUT2D eigenvalue weighted by Gasteiger charge is -2.37. The van der Waals surface area contributed by atoms with Gasteiger partial charge in [-0.25, -0.2) is 0 Å². The third kappa shape index (κ3) is 5.04. The van der Waals surface area contributed by atoms with E-state index >= 15 is 0 Å². The van der Waals surface area contributed by atoms with Gasteiger partial charge in [0.05, 0.1) is 11.4 Å². The second-order valence-electron chi connectivity index (χ2n) is 9.40. The normalized spacial score (nSPS) is 12.1. The van der Waals surface area contributed by atoms with Gasteiger partial charge in [0.2, 0.25) is 11.8 Å². The number of amides is 2. The molecule has 38 heavy (non-hydrogen) atoms. The van der Waals surface area contributed by atoms with Crippen LogP contribution in [0, 0.1) is 5.92 Å². The maximum Gasteiger partial charge on any atom is 0.222 e. The third-order valence-electron chi connectivity index (χ3n) is 6.96. The third-order valence-corrected chi connectivity index (χ3v) is 6.96. The molecule has 4 aromatic carbocycles. The van der Waals surface area contributed by atoms with Gasteiger partial charge in [-0.1, -0.05) is 115 Å². The molecule has 0 bridgehead atoms. The molecule has 0 saturated carbocycles. The van der Waals surface area contributed by atoms with Gasteiger partial charge in [0.15, 0.2) is 0 Å². The van der Waals surface area contributed by atoms with E-state index in [2.05, 4.69) is 10.3 Å². The Kier molecular flexibility index (Phi) is 7.27. The van der Waals surface area contributed by atoms with Crippen LogP contribution < -0.4 is 11.1 Å². The number of pyridine rings is 1. The molecule has 5 nitrogen and oxygen atoms in total. The van der Waals surface area contributed by atoms with Crippen LogP contribution >= 0.6 is 0 Å². The molecular formula is C33H29N3O2. The van der Waals surface area contributed by atoms with E-state index in [-0.39, 0.29) is 12.3 Å². The minimum Gasteiger partial charge on any atom is -0.369 e. The number of hydrogen-bond acceptors (Lipinski definition) is 3. The molecule has 0 saturated heterocycles. The van der Waals surface area contributed by atoms with Crippen molar-refractivity contribution in [1.29, 1.82) is 0 Å². The second kappa shape index (κ2) is 11.1. The quantitative estimate of drug-likeness (QED) is 0.267. The lowest BCUT2D eigenvalue weighted by atomic mass is 9.76. The summed E-state index contributed by atoms with van der Waals surface area (Å²) in [6.45, 7) is 0. The van der Waals surface area contributed by atoms with E-state index in [9.17, 15) is 9.59 Å². The van der Waals surface area contributed by atoms with Crippen LogP contribution in [0.1, 0.15) is 28.7 Å². The number of aromatic nitrogens is 1. The summed E-state index contributed by atoms with van der Waals surface area (Å²) < 4.78 is 0. The zero-order valence-corrected chi connectivity index (χ0v) is 21.0. The highest BCUT2D eigenvalue weighted by Crippen LogP contribution is 2.37. The maximum absolute atomic E-state index is 13.8. The molecule has 0 aliphatic heterocycles. The number of nitrogens with zero attached hydrogens (tertiary/aromatic N) is 1. The van der Waals surface area contributed by atoms with Gasteiger partial charge in [-0.2, -0.15) is 0 Å². The van der Waals surface area contributed by atoms with Crippen molar-refractivity contribution in [3.05, 3.63) is 150 Å². The summed E-state index contributed by atoms with van der Waals surface area (Å²) in [5.41, 5.74) is 9.33. The summed E-state index contributed by atoms with van der Waals surface area (Å²) in [7, 11) is 0. The molecule has 1 atom stereocenters. The molecule has 5 aromatic rings. The molecule has 0 fully saturated rings. The highest BCUT2D eigenvalue weighted by atomic mass is 16.2.